The number of carbonyl (C=O) groups excluding carboxylic acids is 4. The Morgan fingerprint density at radius 3 is 2.45 bits per heavy atom. The summed E-state index contributed by atoms with van der Waals surface area (Å²) in [6.07, 6.45) is 6.20. The van der Waals surface area contributed by atoms with Gasteiger partial charge in [0, 0.05) is 96.5 Å². The van der Waals surface area contributed by atoms with Crippen LogP contribution < -0.4 is 21.7 Å². The lowest BCUT2D eigenvalue weighted by molar-refractivity contribution is -0.135. The first-order valence-corrected chi connectivity index (χ1v) is 20.0. The molecule has 4 amide bonds. The second kappa shape index (κ2) is 18.2. The first-order valence-electron chi connectivity index (χ1n) is 19.2. The lowest BCUT2D eigenvalue weighted by atomic mass is 9.92. The van der Waals surface area contributed by atoms with Crippen LogP contribution in [0.15, 0.2) is 67.1 Å². The van der Waals surface area contributed by atoms with E-state index in [-0.39, 0.29) is 43.4 Å². The lowest BCUT2D eigenvalue weighted by Gasteiger charge is -2.26. The van der Waals surface area contributed by atoms with Crippen molar-refractivity contribution in [1.82, 2.24) is 45.6 Å². The summed E-state index contributed by atoms with van der Waals surface area (Å²) in [6.45, 7) is 2.57. The summed E-state index contributed by atoms with van der Waals surface area (Å²) in [5, 5.41) is 33.4. The Bertz CT molecular complexity index is 2590. The van der Waals surface area contributed by atoms with E-state index in [9.17, 15) is 29.4 Å². The smallest absolute Gasteiger partial charge is 0.269 e. The largest absolute Gasteiger partial charge is 0.508 e. The number of nitrogens with one attached hydrogen (secondary N) is 4. The highest BCUT2D eigenvalue weighted by atomic mass is 35.5. The minimum absolute atomic E-state index is 0.0327. The number of carbonyl (C=O) groups is 4. The summed E-state index contributed by atoms with van der Waals surface area (Å²) in [5.74, 6) is -1.11. The number of aliphatic hydroxyl groups excluding tert-OH is 1. The van der Waals surface area contributed by atoms with Gasteiger partial charge in [-0.25, -0.2) is 4.98 Å². The quantitative estimate of drug-likeness (QED) is 0.0824. The third-order valence-corrected chi connectivity index (χ3v) is 11.1. The van der Waals surface area contributed by atoms with E-state index < -0.39 is 24.3 Å². The Labute approximate surface area is 354 Å². The van der Waals surface area contributed by atoms with Crippen LogP contribution in [0.4, 0.5) is 5.82 Å². The van der Waals surface area contributed by atoms with Gasteiger partial charge in [-0.15, -0.1) is 0 Å². The van der Waals surface area contributed by atoms with E-state index in [0.717, 1.165) is 50.0 Å². The predicted molar refractivity (Wildman–Crippen MR) is 227 cm³/mol. The Kier molecular flexibility index (Phi) is 12.6. The van der Waals surface area contributed by atoms with Crippen molar-refractivity contribution in [3.8, 4) is 39.3 Å². The maximum atomic E-state index is 12.8. The number of phenolic OH excluding ortho intramolecular Hbond substituents is 1. The maximum Gasteiger partial charge on any atom is 0.269 e. The molecule has 0 saturated carbocycles. The molecule has 7 rings (SSSR count). The van der Waals surface area contributed by atoms with Gasteiger partial charge in [0.25, 0.3) is 5.91 Å². The monoisotopic (exact) mass is 852 g/mol. The second-order valence-corrected chi connectivity index (χ2v) is 14.9. The van der Waals surface area contributed by atoms with Crippen LogP contribution in [0.2, 0.25) is 10.0 Å². The molecule has 1 aliphatic heterocycles. The predicted octanol–water partition coefficient (Wildman–Crippen LogP) is 4.24. The molecule has 60 heavy (non-hydrogen) atoms. The molecule has 4 aromatic heterocycles. The molecule has 8 N–H and O–H groups in total. The summed E-state index contributed by atoms with van der Waals surface area (Å²) < 4.78 is 1.67. The van der Waals surface area contributed by atoms with Gasteiger partial charge >= 0.3 is 0 Å². The number of phenols is 1. The molecule has 2 aromatic carbocycles. The number of rotatable bonds is 14. The molecule has 0 spiro atoms. The van der Waals surface area contributed by atoms with Gasteiger partial charge in [-0.05, 0) is 47.9 Å². The van der Waals surface area contributed by atoms with Gasteiger partial charge in [0.1, 0.15) is 23.9 Å². The molecule has 0 aliphatic carbocycles. The molecule has 310 valence electrons. The fraction of sp³-hybridized carbons (Fsp3) is 0.262. The number of aliphatic hydroxyl groups is 1. The van der Waals surface area contributed by atoms with Crippen molar-refractivity contribution >= 4 is 63.6 Å². The van der Waals surface area contributed by atoms with E-state index in [1.807, 2.05) is 13.0 Å². The first kappa shape index (κ1) is 41.7. The van der Waals surface area contributed by atoms with Crippen molar-refractivity contribution < 1.29 is 29.4 Å². The SMILES string of the molecule is CCc1c(-c2ccc(C(=O)NCCC(=O)NCC(=O)NCCn3ccc(-c4cc(Cl)c(Cl)c5[nH]c6c(c45)CN(C(=O)CO)CC6)n3)nc2)cnc(N)c1-c1ccc(O)cc1. The number of nitrogens with two attached hydrogens (primary N) is 1. The van der Waals surface area contributed by atoms with Crippen LogP contribution in [0.25, 0.3) is 44.4 Å². The zero-order chi connectivity index (χ0) is 42.5. The highest BCUT2D eigenvalue weighted by molar-refractivity contribution is 6.45. The van der Waals surface area contributed by atoms with Crippen LogP contribution in [-0.2, 0) is 40.3 Å². The molecule has 0 radical (unpaired) electrons. The van der Waals surface area contributed by atoms with E-state index in [2.05, 4.69) is 30.9 Å². The zero-order valence-corrected chi connectivity index (χ0v) is 34.0. The number of hydrogen-bond donors (Lipinski definition) is 7. The summed E-state index contributed by atoms with van der Waals surface area (Å²) in [4.78, 5) is 63.7. The fourth-order valence-corrected chi connectivity index (χ4v) is 7.72. The van der Waals surface area contributed by atoms with Gasteiger partial charge < -0.3 is 41.8 Å². The van der Waals surface area contributed by atoms with Crippen molar-refractivity contribution in [1.29, 1.82) is 0 Å². The molecule has 0 unspecified atom stereocenters. The molecule has 18 heteroatoms. The van der Waals surface area contributed by atoms with Gasteiger partial charge in [0.2, 0.25) is 17.7 Å². The molecule has 1 aliphatic rings. The van der Waals surface area contributed by atoms with Gasteiger partial charge in [-0.2, -0.15) is 5.10 Å². The number of aromatic nitrogens is 5. The van der Waals surface area contributed by atoms with Gasteiger partial charge in [-0.3, -0.25) is 28.8 Å². The highest BCUT2D eigenvalue weighted by Gasteiger charge is 2.27. The number of fused-ring (bicyclic) bond motifs is 3. The van der Waals surface area contributed by atoms with Crippen LogP contribution in [0.5, 0.6) is 5.75 Å². The van der Waals surface area contributed by atoms with E-state index in [1.54, 1.807) is 70.6 Å². The standard InChI is InChI=1S/C42H42Cl2N10O6/c1-2-26-28(19-50-41(45)37(26)23-3-6-25(56)7-4-23)24-5-8-33(48-18-24)42(60)47-12-9-34(57)49-20-35(58)46-13-16-54-15-11-32(52-54)27-17-30(43)39(44)40-38(27)29-21-53(36(59)22-55)14-10-31(29)51-40/h3-8,11,15,17-19,51,55-56H,2,9-10,12-14,16,20-22H2,1H3,(H2,45,50)(H,46,58)(H,47,60)(H,49,57). The minimum atomic E-state index is -0.571. The van der Waals surface area contributed by atoms with E-state index in [0.29, 0.717) is 59.5 Å². The minimum Gasteiger partial charge on any atom is -0.508 e. The number of aromatic hydroxyl groups is 1. The number of anilines is 1. The molecule has 0 bridgehead atoms. The van der Waals surface area contributed by atoms with E-state index in [4.69, 9.17) is 34.0 Å². The number of benzene rings is 2. The number of nitrogens with zero attached hydrogens (tertiary/aromatic N) is 5. The summed E-state index contributed by atoms with van der Waals surface area (Å²) in [5.41, 5.74) is 14.4. The third kappa shape index (κ3) is 8.90. The first-order chi connectivity index (χ1) is 28.9. The molecule has 6 aromatic rings. The second-order valence-electron chi connectivity index (χ2n) is 14.1. The van der Waals surface area contributed by atoms with Crippen molar-refractivity contribution in [3.05, 3.63) is 99.7 Å². The Morgan fingerprint density at radius 1 is 0.933 bits per heavy atom. The van der Waals surface area contributed by atoms with Crippen LogP contribution in [-0.4, -0.2) is 96.3 Å². The average molecular weight is 854 g/mol. The summed E-state index contributed by atoms with van der Waals surface area (Å²) >= 11 is 13.1. The number of amides is 4. The van der Waals surface area contributed by atoms with E-state index >= 15 is 0 Å². The van der Waals surface area contributed by atoms with Crippen molar-refractivity contribution in [2.45, 2.75) is 39.3 Å². The molecule has 0 saturated heterocycles. The number of hydrogen-bond acceptors (Lipinski definition) is 10. The van der Waals surface area contributed by atoms with Crippen molar-refractivity contribution in [2.75, 3.05) is 38.5 Å². The maximum absolute atomic E-state index is 12.8. The highest BCUT2D eigenvalue weighted by Crippen LogP contribution is 2.42. The van der Waals surface area contributed by atoms with Crippen molar-refractivity contribution in [2.24, 2.45) is 0 Å². The lowest BCUT2D eigenvalue weighted by Crippen LogP contribution is -2.39. The molecule has 16 nitrogen and oxygen atoms in total. The van der Waals surface area contributed by atoms with Gasteiger partial charge in [0.05, 0.1) is 34.3 Å². The topological polar surface area (TPSA) is 233 Å². The Morgan fingerprint density at radius 2 is 1.72 bits per heavy atom. The Hall–Kier alpha value is -6.49. The average Bonchev–Trinajstić information content (AvgIpc) is 3.89. The zero-order valence-electron chi connectivity index (χ0n) is 32.5. The molecule has 5 heterocycles. The number of halogens is 2. The molecular formula is C42H42Cl2N10O6. The van der Waals surface area contributed by atoms with Crippen LogP contribution in [0.1, 0.15) is 40.7 Å². The number of pyridine rings is 2. The summed E-state index contributed by atoms with van der Waals surface area (Å²) in [7, 11) is 0. The Balaban J connectivity index is 0.868. The molecular weight excluding hydrogens is 811 g/mol. The number of H-pyrrole nitrogens is 1. The normalized spacial score (nSPS) is 12.3. The number of nitrogen functional groups attached to an aromatic ring is 1. The number of aromatic amines is 1. The summed E-state index contributed by atoms with van der Waals surface area (Å²) in [6, 6.07) is 13.7. The van der Waals surface area contributed by atoms with Crippen LogP contribution in [0.3, 0.4) is 0 Å². The van der Waals surface area contributed by atoms with Crippen LogP contribution in [0, 0.1) is 0 Å². The van der Waals surface area contributed by atoms with E-state index in [1.165, 1.54) is 0 Å². The third-order valence-electron chi connectivity index (χ3n) is 10.3. The van der Waals surface area contributed by atoms with Crippen molar-refractivity contribution in [3.63, 3.8) is 0 Å². The molecule has 0 fully saturated rings. The van der Waals surface area contributed by atoms with Gasteiger partial charge in [-0.1, -0.05) is 48.3 Å². The van der Waals surface area contributed by atoms with Gasteiger partial charge in [0.15, 0.2) is 0 Å². The van der Waals surface area contributed by atoms with Crippen LogP contribution >= 0.6 is 23.2 Å². The fourth-order valence-electron chi connectivity index (χ4n) is 7.32. The molecule has 0 atom stereocenters.